The van der Waals surface area contributed by atoms with E-state index in [1.54, 1.807) is 6.07 Å². The fourth-order valence-electron chi connectivity index (χ4n) is 5.04. The third-order valence-electron chi connectivity index (χ3n) is 6.71. The van der Waals surface area contributed by atoms with E-state index in [4.69, 9.17) is 15.2 Å². The molecule has 176 valence electrons. The minimum Gasteiger partial charge on any atom is -0.464 e. The van der Waals surface area contributed by atoms with Gasteiger partial charge in [0.05, 0.1) is 35.4 Å². The van der Waals surface area contributed by atoms with Gasteiger partial charge in [0.2, 0.25) is 0 Å². The molecule has 0 fully saturated rings. The topological polar surface area (TPSA) is 95.0 Å². The van der Waals surface area contributed by atoms with Gasteiger partial charge in [-0.15, -0.1) is 0 Å². The van der Waals surface area contributed by atoms with E-state index in [1.807, 2.05) is 30.5 Å². The van der Waals surface area contributed by atoms with E-state index < -0.39 is 6.09 Å². The van der Waals surface area contributed by atoms with Crippen molar-refractivity contribution in [2.45, 2.75) is 51.2 Å². The third-order valence-corrected chi connectivity index (χ3v) is 6.71. The van der Waals surface area contributed by atoms with Crippen molar-refractivity contribution in [3.05, 3.63) is 95.1 Å². The van der Waals surface area contributed by atoms with Crippen LogP contribution >= 0.6 is 0 Å². The standard InChI is InChI=1S/C28H27N5O2/c29-16-4-6-20-12-14-21(15-13-20)18-32(25-11-3-7-22-8-5-17-30-27(22)25)19-26-31-23-9-1-2-10-24(23)33(26)28(34)35/h1-2,5,8-10,12-15,17,25H,3-4,6-7,11,18-19H2,(H,34,35). The number of hydrogen-bond donors (Lipinski definition) is 1. The smallest absolute Gasteiger partial charge is 0.417 e. The van der Waals surface area contributed by atoms with Gasteiger partial charge in [-0.3, -0.25) is 9.88 Å². The monoisotopic (exact) mass is 465 g/mol. The van der Waals surface area contributed by atoms with E-state index in [9.17, 15) is 9.90 Å². The maximum Gasteiger partial charge on any atom is 0.417 e. The summed E-state index contributed by atoms with van der Waals surface area (Å²) >= 11 is 0. The van der Waals surface area contributed by atoms with Gasteiger partial charge in [0.1, 0.15) is 5.82 Å². The molecule has 1 unspecified atom stereocenters. The first kappa shape index (κ1) is 22.8. The molecule has 0 saturated heterocycles. The lowest BCUT2D eigenvalue weighted by Crippen LogP contribution is -2.33. The fraction of sp³-hybridized carbons (Fsp3) is 0.286. The van der Waals surface area contributed by atoms with Crippen molar-refractivity contribution in [3.8, 4) is 6.07 Å². The maximum absolute atomic E-state index is 12.2. The lowest BCUT2D eigenvalue weighted by molar-refractivity contribution is 0.149. The number of nitrogens with zero attached hydrogens (tertiary/aromatic N) is 5. The van der Waals surface area contributed by atoms with Crippen LogP contribution in [0, 0.1) is 11.3 Å². The average Bonchev–Trinajstić information content (AvgIpc) is 3.26. The molecular formula is C28H27N5O2. The minimum absolute atomic E-state index is 0.0697. The predicted octanol–water partition coefficient (Wildman–Crippen LogP) is 5.49. The van der Waals surface area contributed by atoms with Crippen LogP contribution in [0.25, 0.3) is 11.0 Å². The number of imidazole rings is 1. The summed E-state index contributed by atoms with van der Waals surface area (Å²) in [6.45, 7) is 1.03. The fourth-order valence-corrected chi connectivity index (χ4v) is 5.04. The minimum atomic E-state index is -1.03. The van der Waals surface area contributed by atoms with E-state index >= 15 is 0 Å². The van der Waals surface area contributed by atoms with Crippen LogP contribution in [0.1, 0.15) is 53.5 Å². The maximum atomic E-state index is 12.2. The van der Waals surface area contributed by atoms with Crippen molar-refractivity contribution in [3.63, 3.8) is 0 Å². The predicted molar refractivity (Wildman–Crippen MR) is 133 cm³/mol. The second kappa shape index (κ2) is 10.1. The number of carboxylic acid groups (broad SMARTS) is 1. The molecule has 2 heterocycles. The molecule has 0 spiro atoms. The number of hydrogen-bond acceptors (Lipinski definition) is 5. The van der Waals surface area contributed by atoms with Crippen LogP contribution < -0.4 is 0 Å². The highest BCUT2D eigenvalue weighted by Crippen LogP contribution is 2.35. The van der Waals surface area contributed by atoms with Gasteiger partial charge in [0.15, 0.2) is 0 Å². The Hall–Kier alpha value is -4.02. The Morgan fingerprint density at radius 2 is 1.89 bits per heavy atom. The van der Waals surface area contributed by atoms with Gasteiger partial charge in [0.25, 0.3) is 0 Å². The van der Waals surface area contributed by atoms with E-state index in [0.717, 1.165) is 42.5 Å². The highest BCUT2D eigenvalue weighted by Gasteiger charge is 2.29. The quantitative estimate of drug-likeness (QED) is 0.388. The van der Waals surface area contributed by atoms with Gasteiger partial charge in [-0.25, -0.2) is 14.3 Å². The van der Waals surface area contributed by atoms with Gasteiger partial charge in [0, 0.05) is 19.2 Å². The molecular weight excluding hydrogens is 438 g/mol. The summed E-state index contributed by atoms with van der Waals surface area (Å²) in [7, 11) is 0. The SMILES string of the molecule is N#CCCc1ccc(CN(Cc2nc3ccccc3n2C(=O)O)C2CCCc3cccnc32)cc1. The Kier molecular flexibility index (Phi) is 6.55. The Balaban J connectivity index is 1.51. The van der Waals surface area contributed by atoms with Crippen LogP contribution in [0.2, 0.25) is 0 Å². The first-order valence-corrected chi connectivity index (χ1v) is 12.0. The molecule has 0 aliphatic heterocycles. The Morgan fingerprint density at radius 3 is 2.69 bits per heavy atom. The number of para-hydroxylation sites is 2. The van der Waals surface area contributed by atoms with Crippen LogP contribution in [-0.2, 0) is 25.9 Å². The number of aromatic nitrogens is 3. The van der Waals surface area contributed by atoms with E-state index in [2.05, 4.69) is 41.3 Å². The number of aryl methyl sites for hydroxylation is 2. The molecule has 1 atom stereocenters. The van der Waals surface area contributed by atoms with Crippen molar-refractivity contribution in [1.29, 1.82) is 5.26 Å². The lowest BCUT2D eigenvalue weighted by atomic mass is 9.90. The van der Waals surface area contributed by atoms with Crippen LogP contribution in [0.4, 0.5) is 4.79 Å². The normalized spacial score (nSPS) is 15.1. The summed E-state index contributed by atoms with van der Waals surface area (Å²) in [4.78, 5) is 23.9. The molecule has 0 radical (unpaired) electrons. The van der Waals surface area contributed by atoms with Gasteiger partial charge in [-0.1, -0.05) is 42.5 Å². The highest BCUT2D eigenvalue weighted by atomic mass is 16.4. The number of rotatable bonds is 7. The molecule has 5 rings (SSSR count). The largest absolute Gasteiger partial charge is 0.464 e. The molecule has 1 aliphatic rings. The number of benzene rings is 2. The first-order valence-electron chi connectivity index (χ1n) is 12.0. The number of fused-ring (bicyclic) bond motifs is 2. The van der Waals surface area contributed by atoms with Gasteiger partial charge in [-0.05, 0) is 60.6 Å². The highest BCUT2D eigenvalue weighted by molar-refractivity contribution is 5.86. The van der Waals surface area contributed by atoms with Crippen LogP contribution in [0.3, 0.4) is 0 Å². The molecule has 0 saturated carbocycles. The van der Waals surface area contributed by atoms with Crippen LogP contribution in [0.5, 0.6) is 0 Å². The molecule has 1 aliphatic carbocycles. The van der Waals surface area contributed by atoms with E-state index in [0.29, 0.717) is 36.4 Å². The molecule has 2 aromatic carbocycles. The summed E-state index contributed by atoms with van der Waals surface area (Å²) in [6.07, 6.45) is 5.07. The van der Waals surface area contributed by atoms with E-state index in [-0.39, 0.29) is 6.04 Å². The molecule has 0 bridgehead atoms. The van der Waals surface area contributed by atoms with Crippen molar-refractivity contribution in [2.75, 3.05) is 0 Å². The third kappa shape index (κ3) is 4.79. The zero-order valence-electron chi connectivity index (χ0n) is 19.5. The first-order chi connectivity index (χ1) is 17.1. The number of carbonyl (C=O) groups is 1. The second-order valence-corrected chi connectivity index (χ2v) is 8.97. The zero-order chi connectivity index (χ0) is 24.2. The van der Waals surface area contributed by atoms with Crippen LogP contribution in [0.15, 0.2) is 66.9 Å². The number of pyridine rings is 1. The van der Waals surface area contributed by atoms with Gasteiger partial charge in [-0.2, -0.15) is 5.26 Å². The zero-order valence-corrected chi connectivity index (χ0v) is 19.5. The average molecular weight is 466 g/mol. The summed E-state index contributed by atoms with van der Waals surface area (Å²) in [6, 6.07) is 22.1. The molecule has 7 heteroatoms. The molecule has 1 N–H and O–H groups in total. The van der Waals surface area contributed by atoms with Gasteiger partial charge >= 0.3 is 6.09 Å². The molecule has 35 heavy (non-hydrogen) atoms. The van der Waals surface area contributed by atoms with Crippen molar-refractivity contribution in [2.24, 2.45) is 0 Å². The molecule has 0 amide bonds. The van der Waals surface area contributed by atoms with Crippen molar-refractivity contribution < 1.29 is 9.90 Å². The molecule has 7 nitrogen and oxygen atoms in total. The summed E-state index contributed by atoms with van der Waals surface area (Å²) in [5.74, 6) is 0.507. The molecule has 4 aromatic rings. The summed E-state index contributed by atoms with van der Waals surface area (Å²) < 4.78 is 1.30. The van der Waals surface area contributed by atoms with Crippen molar-refractivity contribution >= 4 is 17.1 Å². The number of nitriles is 1. The Bertz CT molecular complexity index is 1390. The summed E-state index contributed by atoms with van der Waals surface area (Å²) in [5.41, 5.74) is 5.87. The molecule has 2 aromatic heterocycles. The Labute approximate surface area is 204 Å². The summed E-state index contributed by atoms with van der Waals surface area (Å²) in [5, 5.41) is 18.9. The van der Waals surface area contributed by atoms with E-state index in [1.165, 1.54) is 10.1 Å². The second-order valence-electron chi connectivity index (χ2n) is 8.97. The van der Waals surface area contributed by atoms with Crippen LogP contribution in [-0.4, -0.2) is 30.6 Å². The van der Waals surface area contributed by atoms with Crippen molar-refractivity contribution in [1.82, 2.24) is 19.4 Å². The Morgan fingerprint density at radius 1 is 1.09 bits per heavy atom. The van der Waals surface area contributed by atoms with Gasteiger partial charge < -0.3 is 5.11 Å². The lowest BCUT2D eigenvalue weighted by Gasteiger charge is -2.35.